The van der Waals surface area contributed by atoms with Gasteiger partial charge in [0.2, 0.25) is 0 Å². The van der Waals surface area contributed by atoms with Gasteiger partial charge < -0.3 is 9.47 Å². The molecule has 0 aromatic heterocycles. The number of ether oxygens (including phenoxy) is 2. The standard InChI is InChI=1S/C28H22O7.Al/c29-27(19-21-9-7-15-25(17-21)31-23-11-3-1-4-12-23)33-35-34-28(30)20-22-10-8-16-26(18-22)32-24-13-5-2-6-14-24;/h1-18H,19-20H2;. The lowest BCUT2D eigenvalue weighted by Crippen LogP contribution is -2.13. The van der Waals surface area contributed by atoms with Gasteiger partial charge >= 0.3 is 11.9 Å². The molecule has 179 valence electrons. The molecular formula is C28H22AlO7. The molecule has 0 saturated heterocycles. The zero-order chi connectivity index (χ0) is 24.3. The number of hydrogen-bond donors (Lipinski definition) is 0. The summed E-state index contributed by atoms with van der Waals surface area (Å²) in [5, 5.41) is 4.39. The van der Waals surface area contributed by atoms with E-state index in [2.05, 4.69) is 14.8 Å². The van der Waals surface area contributed by atoms with E-state index in [4.69, 9.17) is 9.47 Å². The molecule has 0 aliphatic carbocycles. The van der Waals surface area contributed by atoms with Crippen molar-refractivity contribution in [3.63, 3.8) is 0 Å². The summed E-state index contributed by atoms with van der Waals surface area (Å²) in [5.74, 6) is 1.06. The van der Waals surface area contributed by atoms with E-state index < -0.39 is 11.9 Å². The molecule has 36 heavy (non-hydrogen) atoms. The first kappa shape index (κ1) is 26.5. The van der Waals surface area contributed by atoms with Crippen LogP contribution in [0.5, 0.6) is 23.0 Å². The van der Waals surface area contributed by atoms with Crippen LogP contribution in [0.2, 0.25) is 0 Å². The Morgan fingerprint density at radius 2 is 0.889 bits per heavy atom. The molecule has 0 spiro atoms. The number of hydrogen-bond acceptors (Lipinski definition) is 7. The lowest BCUT2D eigenvalue weighted by molar-refractivity contribution is -0.459. The van der Waals surface area contributed by atoms with E-state index >= 15 is 0 Å². The normalized spacial score (nSPS) is 10.0. The van der Waals surface area contributed by atoms with Crippen LogP contribution in [0.3, 0.4) is 0 Å². The number of rotatable bonds is 10. The predicted octanol–water partition coefficient (Wildman–Crippen LogP) is 5.61. The van der Waals surface area contributed by atoms with Crippen molar-refractivity contribution >= 4 is 29.3 Å². The highest BCUT2D eigenvalue weighted by Crippen LogP contribution is 2.23. The van der Waals surface area contributed by atoms with Crippen molar-refractivity contribution in [2.45, 2.75) is 12.8 Å². The summed E-state index contributed by atoms with van der Waals surface area (Å²) in [7, 11) is 0. The van der Waals surface area contributed by atoms with Gasteiger partial charge in [0.05, 0.1) is 12.8 Å². The molecule has 4 aromatic carbocycles. The monoisotopic (exact) mass is 497 g/mol. The topological polar surface area (TPSA) is 80.3 Å². The number of carbonyl (C=O) groups excluding carboxylic acids is 2. The van der Waals surface area contributed by atoms with Crippen molar-refractivity contribution in [1.29, 1.82) is 0 Å². The molecule has 0 aliphatic heterocycles. The van der Waals surface area contributed by atoms with Gasteiger partial charge in [-0.1, -0.05) is 60.7 Å². The number of benzene rings is 4. The lowest BCUT2D eigenvalue weighted by Gasteiger charge is -2.08. The first-order chi connectivity index (χ1) is 17.1. The van der Waals surface area contributed by atoms with Gasteiger partial charge in [-0.3, -0.25) is 9.78 Å². The lowest BCUT2D eigenvalue weighted by atomic mass is 10.1. The Morgan fingerprint density at radius 3 is 1.31 bits per heavy atom. The van der Waals surface area contributed by atoms with Crippen LogP contribution in [-0.4, -0.2) is 29.3 Å². The fourth-order valence-corrected chi connectivity index (χ4v) is 3.17. The first-order valence-electron chi connectivity index (χ1n) is 10.8. The van der Waals surface area contributed by atoms with Crippen LogP contribution in [0.25, 0.3) is 0 Å². The third-order valence-corrected chi connectivity index (χ3v) is 4.71. The van der Waals surface area contributed by atoms with Crippen molar-refractivity contribution in [1.82, 2.24) is 0 Å². The van der Waals surface area contributed by atoms with Crippen LogP contribution in [0, 0.1) is 0 Å². The van der Waals surface area contributed by atoms with E-state index in [0.717, 1.165) is 0 Å². The SMILES string of the molecule is O=C(Cc1cccc(Oc2ccccc2)c1)OOOC(=O)Cc1cccc(Oc2ccccc2)c1.[Al]. The maximum Gasteiger partial charge on any atom is 0.351 e. The van der Waals surface area contributed by atoms with Crippen LogP contribution in [0.1, 0.15) is 11.1 Å². The number of para-hydroxylation sites is 2. The Morgan fingerprint density at radius 1 is 0.500 bits per heavy atom. The van der Waals surface area contributed by atoms with E-state index in [1.165, 1.54) is 0 Å². The second-order valence-electron chi connectivity index (χ2n) is 7.46. The van der Waals surface area contributed by atoms with E-state index in [0.29, 0.717) is 34.1 Å². The van der Waals surface area contributed by atoms with Gasteiger partial charge in [0.25, 0.3) is 0 Å². The quantitative estimate of drug-likeness (QED) is 0.160. The van der Waals surface area contributed by atoms with Gasteiger partial charge in [-0.05, 0) is 59.7 Å². The molecule has 0 bridgehead atoms. The molecule has 8 heteroatoms. The van der Waals surface area contributed by atoms with Gasteiger partial charge in [0.15, 0.2) is 0 Å². The molecule has 0 amide bonds. The minimum absolute atomic E-state index is 0. The third kappa shape index (κ3) is 8.60. The molecule has 4 rings (SSSR count). The summed E-state index contributed by atoms with van der Waals surface area (Å²) in [6, 6.07) is 32.6. The second-order valence-corrected chi connectivity index (χ2v) is 7.46. The van der Waals surface area contributed by atoms with Crippen LogP contribution in [0.4, 0.5) is 0 Å². The molecule has 0 fully saturated rings. The Kier molecular flexibility index (Phi) is 10.1. The summed E-state index contributed by atoms with van der Waals surface area (Å²) in [6.07, 6.45) is -0.190. The van der Waals surface area contributed by atoms with E-state index in [1.807, 2.05) is 60.7 Å². The van der Waals surface area contributed by atoms with Gasteiger partial charge in [-0.2, -0.15) is 0 Å². The summed E-state index contributed by atoms with van der Waals surface area (Å²) in [6.45, 7) is 0. The Labute approximate surface area is 219 Å². The van der Waals surface area contributed by atoms with Crippen molar-refractivity contribution in [2.75, 3.05) is 0 Å². The highest BCUT2D eigenvalue weighted by Gasteiger charge is 2.12. The predicted molar refractivity (Wildman–Crippen MR) is 132 cm³/mol. The molecule has 7 nitrogen and oxygen atoms in total. The Bertz CT molecular complexity index is 1160. The minimum Gasteiger partial charge on any atom is -0.457 e. The fraction of sp³-hybridized carbons (Fsp3) is 0.0714. The van der Waals surface area contributed by atoms with E-state index in [1.54, 1.807) is 48.5 Å². The molecule has 4 aromatic rings. The van der Waals surface area contributed by atoms with E-state index in [9.17, 15) is 9.59 Å². The van der Waals surface area contributed by atoms with Crippen molar-refractivity contribution in [3.8, 4) is 23.0 Å². The molecule has 0 N–H and O–H groups in total. The van der Waals surface area contributed by atoms with Crippen LogP contribution in [0.15, 0.2) is 109 Å². The zero-order valence-corrected chi connectivity index (χ0v) is 20.4. The maximum atomic E-state index is 12.0. The minimum atomic E-state index is -0.729. The van der Waals surface area contributed by atoms with Gasteiger partial charge in [-0.25, -0.2) is 9.59 Å². The smallest absolute Gasteiger partial charge is 0.351 e. The van der Waals surface area contributed by atoms with Crippen molar-refractivity contribution in [2.24, 2.45) is 0 Å². The first-order valence-corrected chi connectivity index (χ1v) is 10.8. The average molecular weight is 497 g/mol. The van der Waals surface area contributed by atoms with Crippen molar-refractivity contribution < 1.29 is 33.9 Å². The second kappa shape index (κ2) is 13.7. The van der Waals surface area contributed by atoms with Gasteiger partial charge in [0.1, 0.15) is 23.0 Å². The molecule has 0 saturated carbocycles. The van der Waals surface area contributed by atoms with Crippen LogP contribution >= 0.6 is 0 Å². The van der Waals surface area contributed by atoms with Crippen LogP contribution < -0.4 is 9.47 Å². The molecule has 3 radical (unpaired) electrons. The molecular weight excluding hydrogens is 475 g/mol. The molecule has 0 atom stereocenters. The summed E-state index contributed by atoms with van der Waals surface area (Å²) in [5.41, 5.74) is 1.29. The summed E-state index contributed by atoms with van der Waals surface area (Å²) >= 11 is 0. The largest absolute Gasteiger partial charge is 0.457 e. The zero-order valence-electron chi connectivity index (χ0n) is 19.2. The van der Waals surface area contributed by atoms with E-state index in [-0.39, 0.29) is 30.2 Å². The van der Waals surface area contributed by atoms with Crippen molar-refractivity contribution in [3.05, 3.63) is 120 Å². The Balaban J connectivity index is 0.00000361. The highest BCUT2D eigenvalue weighted by molar-refractivity contribution is 5.75. The van der Waals surface area contributed by atoms with Gasteiger partial charge in [0, 0.05) is 22.4 Å². The highest BCUT2D eigenvalue weighted by atomic mass is 27.0. The van der Waals surface area contributed by atoms with Crippen LogP contribution in [-0.2, 0) is 37.2 Å². The molecule has 0 heterocycles. The fourth-order valence-electron chi connectivity index (χ4n) is 3.17. The number of carbonyl (C=O) groups is 2. The third-order valence-electron chi connectivity index (χ3n) is 4.71. The maximum absolute atomic E-state index is 12.0. The summed E-state index contributed by atoms with van der Waals surface area (Å²) in [4.78, 5) is 33.2. The molecule has 0 aliphatic rings. The average Bonchev–Trinajstić information content (AvgIpc) is 2.86. The Hall–Kier alpha value is -4.09. The summed E-state index contributed by atoms with van der Waals surface area (Å²) < 4.78 is 11.5. The molecule has 0 unspecified atom stereocenters. The van der Waals surface area contributed by atoms with Gasteiger partial charge in [-0.15, -0.1) is 0 Å².